The molecule has 2 aromatic carbocycles. The predicted octanol–water partition coefficient (Wildman–Crippen LogP) is 4.86. The Labute approximate surface area is 193 Å². The highest BCUT2D eigenvalue weighted by Crippen LogP contribution is 2.28. The zero-order valence-electron chi connectivity index (χ0n) is 17.9. The first-order valence-electron chi connectivity index (χ1n) is 10.5. The van der Waals surface area contributed by atoms with Crippen molar-refractivity contribution in [3.8, 4) is 11.3 Å². The van der Waals surface area contributed by atoms with Gasteiger partial charge in [0.2, 0.25) is 5.88 Å². The Bertz CT molecular complexity index is 1570. The first-order chi connectivity index (χ1) is 16.0. The summed E-state index contributed by atoms with van der Waals surface area (Å²) in [7, 11) is 0. The summed E-state index contributed by atoms with van der Waals surface area (Å²) in [6.45, 7) is 3.75. The van der Waals surface area contributed by atoms with Gasteiger partial charge in [-0.3, -0.25) is 19.6 Å². The summed E-state index contributed by atoms with van der Waals surface area (Å²) in [5, 5.41) is 8.26. The molecule has 0 aliphatic carbocycles. The van der Waals surface area contributed by atoms with Crippen LogP contribution in [0.15, 0.2) is 70.0 Å². The summed E-state index contributed by atoms with van der Waals surface area (Å²) in [5.41, 5.74) is 3.04. The number of hydrogen-bond acceptors (Lipinski definition) is 5. The molecule has 0 saturated heterocycles. The lowest BCUT2D eigenvalue weighted by Crippen LogP contribution is -2.28. The van der Waals surface area contributed by atoms with Crippen molar-refractivity contribution in [2.45, 2.75) is 26.3 Å². The molecule has 1 amide bonds. The molecule has 0 fully saturated rings. The molecule has 1 unspecified atom stereocenters. The summed E-state index contributed by atoms with van der Waals surface area (Å²) < 4.78 is 9.05. The van der Waals surface area contributed by atoms with Crippen molar-refractivity contribution >= 4 is 39.9 Å². The maximum Gasteiger partial charge on any atom is 0.273 e. The number of carbonyl (C=O) groups is 1. The topological polar surface area (TPSA) is 94.4 Å². The van der Waals surface area contributed by atoms with E-state index in [0.29, 0.717) is 28.5 Å². The number of halogens is 1. The number of nitrogens with zero attached hydrogens (tertiary/aromatic N) is 4. The van der Waals surface area contributed by atoms with Crippen LogP contribution in [0, 0.1) is 6.92 Å². The fourth-order valence-electron chi connectivity index (χ4n) is 4.11. The highest BCUT2D eigenvalue weighted by Gasteiger charge is 2.26. The minimum Gasteiger partial charge on any atom is -0.338 e. The Morgan fingerprint density at radius 1 is 1.15 bits per heavy atom. The molecule has 0 bridgehead atoms. The van der Waals surface area contributed by atoms with Gasteiger partial charge in [-0.25, -0.2) is 4.52 Å². The maximum atomic E-state index is 13.4. The van der Waals surface area contributed by atoms with E-state index in [1.807, 2.05) is 59.4 Å². The molecular weight excluding hydrogens is 442 g/mol. The maximum absolute atomic E-state index is 13.4. The van der Waals surface area contributed by atoms with Crippen LogP contribution in [0.4, 0.5) is 5.88 Å². The van der Waals surface area contributed by atoms with Crippen molar-refractivity contribution in [2.75, 3.05) is 5.32 Å². The second-order valence-corrected chi connectivity index (χ2v) is 8.17. The number of benzene rings is 2. The molecule has 166 valence electrons. The van der Waals surface area contributed by atoms with Crippen molar-refractivity contribution in [1.82, 2.24) is 19.3 Å². The first kappa shape index (κ1) is 21.0. The molecule has 3 aromatic heterocycles. The third kappa shape index (κ3) is 3.68. The Kier molecular flexibility index (Phi) is 5.22. The van der Waals surface area contributed by atoms with Gasteiger partial charge in [0.1, 0.15) is 11.7 Å². The van der Waals surface area contributed by atoms with Crippen LogP contribution in [0.2, 0.25) is 5.02 Å². The van der Waals surface area contributed by atoms with Gasteiger partial charge < -0.3 is 4.52 Å². The Balaban J connectivity index is 1.54. The zero-order chi connectivity index (χ0) is 23.1. The average molecular weight is 462 g/mol. The smallest absolute Gasteiger partial charge is 0.273 e. The number of aromatic nitrogens is 4. The molecule has 0 aliphatic rings. The average Bonchev–Trinajstić information content (AvgIpc) is 3.38. The summed E-state index contributed by atoms with van der Waals surface area (Å²) in [6, 6.07) is 17.3. The second-order valence-electron chi connectivity index (χ2n) is 7.73. The van der Waals surface area contributed by atoms with Crippen LogP contribution in [0.1, 0.15) is 25.1 Å². The number of amides is 1. The van der Waals surface area contributed by atoms with Crippen LogP contribution in [0.3, 0.4) is 0 Å². The number of hydrogen-bond donors (Lipinski definition) is 1. The quantitative estimate of drug-likeness (QED) is 0.403. The lowest BCUT2D eigenvalue weighted by Gasteiger charge is -2.19. The standard InChI is InChI=1S/C24H20ClN5O3/c1-3-19(24(32)27-22-13-18(28-33-22)15-7-6-8-16(25)12-15)30-20-10-5-4-9-17(20)23-26-21(31)11-14(2)29(23)30/h4-13,19H,3H2,1-2H3,(H,27,32). The van der Waals surface area contributed by atoms with Crippen molar-refractivity contribution < 1.29 is 9.32 Å². The molecule has 0 radical (unpaired) electrons. The number of anilines is 1. The van der Waals surface area contributed by atoms with Crippen LogP contribution in [0.5, 0.6) is 0 Å². The Morgan fingerprint density at radius 2 is 1.97 bits per heavy atom. The normalized spacial score (nSPS) is 12.3. The second kappa shape index (κ2) is 8.22. The third-order valence-electron chi connectivity index (χ3n) is 5.55. The van der Waals surface area contributed by atoms with E-state index in [1.165, 1.54) is 6.07 Å². The number of nitrogens with one attached hydrogen (secondary N) is 1. The molecule has 1 atom stereocenters. The van der Waals surface area contributed by atoms with Gasteiger partial charge in [0.05, 0.1) is 5.52 Å². The lowest BCUT2D eigenvalue weighted by molar-refractivity contribution is -0.119. The number of para-hydroxylation sites is 1. The van der Waals surface area contributed by atoms with Gasteiger partial charge in [0, 0.05) is 33.8 Å². The van der Waals surface area contributed by atoms with E-state index in [-0.39, 0.29) is 17.4 Å². The van der Waals surface area contributed by atoms with Gasteiger partial charge in [0.15, 0.2) is 5.65 Å². The SMILES string of the molecule is CCC(C(=O)Nc1cc(-c2cccc(Cl)c2)no1)n1c2ccccc2c2nc(=O)cc(C)n21. The molecule has 5 rings (SSSR count). The van der Waals surface area contributed by atoms with E-state index in [1.54, 1.807) is 18.2 Å². The largest absolute Gasteiger partial charge is 0.338 e. The lowest BCUT2D eigenvalue weighted by atomic mass is 10.1. The van der Waals surface area contributed by atoms with E-state index in [4.69, 9.17) is 16.1 Å². The predicted molar refractivity (Wildman–Crippen MR) is 127 cm³/mol. The fraction of sp³-hybridized carbons (Fsp3) is 0.167. The highest BCUT2D eigenvalue weighted by atomic mass is 35.5. The van der Waals surface area contributed by atoms with Crippen molar-refractivity contribution in [3.63, 3.8) is 0 Å². The summed E-state index contributed by atoms with van der Waals surface area (Å²) >= 11 is 6.06. The minimum atomic E-state index is -0.588. The van der Waals surface area contributed by atoms with Gasteiger partial charge in [0.25, 0.3) is 11.5 Å². The summed E-state index contributed by atoms with van der Waals surface area (Å²) in [6.07, 6.45) is 0.500. The molecule has 8 nitrogen and oxygen atoms in total. The molecule has 33 heavy (non-hydrogen) atoms. The van der Waals surface area contributed by atoms with Crippen molar-refractivity contribution in [1.29, 1.82) is 0 Å². The van der Waals surface area contributed by atoms with E-state index in [9.17, 15) is 9.59 Å². The fourth-order valence-corrected chi connectivity index (χ4v) is 4.30. The van der Waals surface area contributed by atoms with E-state index in [2.05, 4.69) is 15.5 Å². The first-order valence-corrected chi connectivity index (χ1v) is 10.9. The van der Waals surface area contributed by atoms with E-state index in [0.717, 1.165) is 16.5 Å². The molecular formula is C24H20ClN5O3. The molecule has 9 heteroatoms. The van der Waals surface area contributed by atoms with Crippen LogP contribution in [0.25, 0.3) is 27.8 Å². The van der Waals surface area contributed by atoms with Gasteiger partial charge in [-0.1, -0.05) is 47.9 Å². The number of aryl methyl sites for hydroxylation is 1. The van der Waals surface area contributed by atoms with Crippen LogP contribution >= 0.6 is 11.6 Å². The van der Waals surface area contributed by atoms with Gasteiger partial charge >= 0.3 is 0 Å². The Hall–Kier alpha value is -3.91. The molecule has 0 spiro atoms. The number of fused-ring (bicyclic) bond motifs is 3. The van der Waals surface area contributed by atoms with E-state index < -0.39 is 6.04 Å². The molecule has 1 N–H and O–H groups in total. The van der Waals surface area contributed by atoms with Crippen LogP contribution < -0.4 is 10.9 Å². The zero-order valence-corrected chi connectivity index (χ0v) is 18.7. The van der Waals surface area contributed by atoms with Gasteiger partial charge in [-0.2, -0.15) is 4.98 Å². The summed E-state index contributed by atoms with van der Waals surface area (Å²) in [4.78, 5) is 29.6. The molecule has 3 heterocycles. The number of rotatable bonds is 5. The minimum absolute atomic E-state index is 0.232. The highest BCUT2D eigenvalue weighted by molar-refractivity contribution is 6.30. The van der Waals surface area contributed by atoms with Crippen LogP contribution in [-0.2, 0) is 4.79 Å². The van der Waals surface area contributed by atoms with Crippen LogP contribution in [-0.4, -0.2) is 25.2 Å². The van der Waals surface area contributed by atoms with Gasteiger partial charge in [-0.05, 0) is 37.6 Å². The molecule has 0 aliphatic heterocycles. The third-order valence-corrected chi connectivity index (χ3v) is 5.79. The molecule has 0 saturated carbocycles. The summed E-state index contributed by atoms with van der Waals surface area (Å²) in [5.74, 6) is -0.0390. The number of carbonyl (C=O) groups excluding carboxylic acids is 1. The monoisotopic (exact) mass is 461 g/mol. The van der Waals surface area contributed by atoms with Crippen molar-refractivity contribution in [2.24, 2.45) is 0 Å². The van der Waals surface area contributed by atoms with Crippen molar-refractivity contribution in [3.05, 3.63) is 81.7 Å². The Morgan fingerprint density at radius 3 is 2.76 bits per heavy atom. The molecule has 5 aromatic rings. The van der Waals surface area contributed by atoms with Gasteiger partial charge in [-0.15, -0.1) is 0 Å². The van der Waals surface area contributed by atoms with E-state index >= 15 is 0 Å².